The second-order valence-electron chi connectivity index (χ2n) is 22.6. The molecule has 0 aliphatic carbocycles. The summed E-state index contributed by atoms with van der Waals surface area (Å²) in [6.07, 6.45) is 7.41. The van der Waals surface area contributed by atoms with Crippen LogP contribution in [0.4, 0.5) is 26.3 Å². The zero-order valence-corrected chi connectivity index (χ0v) is 51.3. The van der Waals surface area contributed by atoms with Crippen LogP contribution < -0.4 is 18.9 Å². The van der Waals surface area contributed by atoms with Crippen LogP contribution >= 0.6 is 11.7 Å². The molecule has 85 heavy (non-hydrogen) atoms. The number of halogens is 6. The zero-order valence-electron chi connectivity index (χ0n) is 50.5. The molecule has 0 fully saturated rings. The SMILES string of the molecule is CCCCC(CC)COc1cc2c3cc(OCC(CC)CCCC)c(OCC(CC)CCCC)cc3c3nc4c(C#Cc5ccc(C(F)(F)F)cc5)c5nsnc5c(C#Cc5ccc(C(F)(F)F)cc5)c4nc3c2cc1OCC(CC)CCCC. The van der Waals surface area contributed by atoms with E-state index in [9.17, 15) is 26.3 Å². The molecule has 8 aromatic rings. The highest BCUT2D eigenvalue weighted by Crippen LogP contribution is 2.46. The van der Waals surface area contributed by atoms with Crippen molar-refractivity contribution in [3.63, 3.8) is 0 Å². The fourth-order valence-corrected chi connectivity index (χ4v) is 11.3. The molecule has 452 valence electrons. The number of alkyl halides is 6. The Labute approximate surface area is 501 Å². The predicted octanol–water partition coefficient (Wildman–Crippen LogP) is 20.3. The smallest absolute Gasteiger partial charge is 0.416 e. The van der Waals surface area contributed by atoms with Crippen LogP contribution in [0, 0.1) is 47.4 Å². The van der Waals surface area contributed by atoms with Crippen LogP contribution in [0.25, 0.3) is 54.6 Å². The van der Waals surface area contributed by atoms with Crippen molar-refractivity contribution in [1.29, 1.82) is 0 Å². The van der Waals surface area contributed by atoms with Gasteiger partial charge in [0.1, 0.15) is 22.1 Å². The van der Waals surface area contributed by atoms with Gasteiger partial charge in [-0.3, -0.25) is 0 Å². The molecule has 6 aromatic carbocycles. The van der Waals surface area contributed by atoms with Gasteiger partial charge in [0.25, 0.3) is 0 Å². The van der Waals surface area contributed by atoms with Gasteiger partial charge in [-0.05, 0) is 133 Å². The monoisotopic (exact) mass is 1190 g/mol. The third kappa shape index (κ3) is 16.0. The Hall–Kier alpha value is -6.84. The summed E-state index contributed by atoms with van der Waals surface area (Å²) in [5, 5.41) is 3.01. The standard InChI is InChI=1S/C70H80F6N4O4S/c1-9-17-21-45(13-5)41-81-59-37-55-56-38-60(82-42-46(14-6)22-18-10-2)62(84-44-48(16-8)24-20-12-4)40-58(56)66-65(57(55)39-61(59)83-43-47(15-7)23-19-11-3)77-63-53(35-29-49-25-31-51(32-26-49)69(71,72)73)67-68(80-85-79-67)54(64(63)78-66)36-30-50-27-33-52(34-28-50)70(74,75)76/h25-28,31-34,37-40,45-48H,9-24,41-44H2,1-8H3. The molecule has 2 heterocycles. The molecule has 0 spiro atoms. The molecule has 0 saturated heterocycles. The quantitative estimate of drug-likeness (QED) is 0.0207. The summed E-state index contributed by atoms with van der Waals surface area (Å²) >= 11 is 0.912. The largest absolute Gasteiger partial charge is 0.489 e. The lowest BCUT2D eigenvalue weighted by molar-refractivity contribution is -0.138. The van der Waals surface area contributed by atoms with Gasteiger partial charge in [0.15, 0.2) is 23.0 Å². The van der Waals surface area contributed by atoms with Crippen molar-refractivity contribution in [3.8, 4) is 46.7 Å². The summed E-state index contributed by atoms with van der Waals surface area (Å²) in [4.78, 5) is 11.2. The molecule has 8 rings (SSSR count). The molecular weight excluding hydrogens is 1110 g/mol. The van der Waals surface area contributed by atoms with Gasteiger partial charge in [-0.15, -0.1) is 0 Å². The molecule has 4 unspecified atom stereocenters. The van der Waals surface area contributed by atoms with Crippen molar-refractivity contribution in [2.24, 2.45) is 23.7 Å². The minimum atomic E-state index is -4.54. The molecule has 0 N–H and O–H groups in total. The molecule has 0 aliphatic rings. The molecule has 0 bridgehead atoms. The summed E-state index contributed by atoms with van der Waals surface area (Å²) in [6.45, 7) is 19.5. The molecule has 8 nitrogen and oxygen atoms in total. The number of rotatable bonds is 28. The topological polar surface area (TPSA) is 88.5 Å². The maximum atomic E-state index is 13.7. The fraction of sp³-hybridized carbons (Fsp3) is 0.486. The fourth-order valence-electron chi connectivity index (χ4n) is 10.7. The van der Waals surface area contributed by atoms with Crippen molar-refractivity contribution in [2.45, 2.75) is 170 Å². The lowest BCUT2D eigenvalue weighted by Crippen LogP contribution is -2.14. The Kier molecular flexibility index (Phi) is 22.6. The number of fused-ring (bicyclic) bond motifs is 8. The molecule has 0 amide bonds. The zero-order chi connectivity index (χ0) is 60.7. The van der Waals surface area contributed by atoms with Crippen LogP contribution in [0.15, 0.2) is 72.8 Å². The minimum Gasteiger partial charge on any atom is -0.489 e. The number of hydrogen-bond donors (Lipinski definition) is 0. The number of aromatic nitrogens is 4. The van der Waals surface area contributed by atoms with Gasteiger partial charge in [-0.2, -0.15) is 35.1 Å². The molecule has 15 heteroatoms. The highest BCUT2D eigenvalue weighted by molar-refractivity contribution is 7.00. The van der Waals surface area contributed by atoms with Crippen LogP contribution in [-0.2, 0) is 12.4 Å². The van der Waals surface area contributed by atoms with E-state index in [1.165, 1.54) is 24.3 Å². The van der Waals surface area contributed by atoms with Gasteiger partial charge in [0.2, 0.25) is 0 Å². The van der Waals surface area contributed by atoms with Gasteiger partial charge >= 0.3 is 12.4 Å². The average molecular weight is 1190 g/mol. The summed E-state index contributed by atoms with van der Waals surface area (Å²) in [5.41, 5.74) is 1.85. The molecule has 0 saturated carbocycles. The van der Waals surface area contributed by atoms with E-state index in [0.717, 1.165) is 149 Å². The van der Waals surface area contributed by atoms with E-state index >= 15 is 0 Å². The van der Waals surface area contributed by atoms with Gasteiger partial charge in [0.05, 0.1) is 71.4 Å². The van der Waals surface area contributed by atoms with E-state index in [-0.39, 0.29) is 11.0 Å². The minimum absolute atomic E-state index is 0.287. The van der Waals surface area contributed by atoms with E-state index in [1.807, 2.05) is 12.1 Å². The Bertz CT molecular complexity index is 3420. The molecule has 0 radical (unpaired) electrons. The normalized spacial score (nSPS) is 13.4. The van der Waals surface area contributed by atoms with Crippen LogP contribution in [0.1, 0.15) is 192 Å². The van der Waals surface area contributed by atoms with Crippen LogP contribution in [0.5, 0.6) is 23.0 Å². The van der Waals surface area contributed by atoms with Crippen LogP contribution in [0.3, 0.4) is 0 Å². The van der Waals surface area contributed by atoms with Crippen molar-refractivity contribution in [1.82, 2.24) is 18.7 Å². The van der Waals surface area contributed by atoms with Gasteiger partial charge in [-0.1, -0.05) is 156 Å². The maximum Gasteiger partial charge on any atom is 0.416 e. The van der Waals surface area contributed by atoms with Crippen molar-refractivity contribution in [2.75, 3.05) is 26.4 Å². The lowest BCUT2D eigenvalue weighted by Gasteiger charge is -2.23. The van der Waals surface area contributed by atoms with Crippen molar-refractivity contribution >= 4 is 66.4 Å². The molecule has 0 aliphatic heterocycles. The van der Waals surface area contributed by atoms with Crippen LogP contribution in [0.2, 0.25) is 0 Å². The number of unbranched alkanes of at least 4 members (excludes halogenated alkanes) is 4. The van der Waals surface area contributed by atoms with Crippen molar-refractivity contribution in [3.05, 3.63) is 106 Å². The molecular formula is C70H80F6N4O4S. The van der Waals surface area contributed by atoms with Crippen molar-refractivity contribution < 1.29 is 45.3 Å². The first-order valence-corrected chi connectivity index (χ1v) is 31.6. The highest BCUT2D eigenvalue weighted by atomic mass is 32.1. The highest BCUT2D eigenvalue weighted by Gasteiger charge is 2.31. The Morgan fingerprint density at radius 3 is 0.953 bits per heavy atom. The maximum absolute atomic E-state index is 13.7. The van der Waals surface area contributed by atoms with E-state index in [2.05, 4.69) is 91.2 Å². The summed E-state index contributed by atoms with van der Waals surface area (Å²) in [6, 6.07) is 17.4. The first-order chi connectivity index (χ1) is 41.0. The van der Waals surface area contributed by atoms with Gasteiger partial charge in [0, 0.05) is 21.9 Å². The second kappa shape index (κ2) is 30.0. The second-order valence-corrected chi connectivity index (χ2v) is 23.1. The molecule has 4 atom stereocenters. The van der Waals surface area contributed by atoms with E-state index in [0.29, 0.717) is 128 Å². The summed E-state index contributed by atoms with van der Waals surface area (Å²) < 4.78 is 120. The summed E-state index contributed by atoms with van der Waals surface area (Å²) in [7, 11) is 0. The number of nitrogens with zero attached hydrogens (tertiary/aromatic N) is 4. The predicted molar refractivity (Wildman–Crippen MR) is 333 cm³/mol. The third-order valence-corrected chi connectivity index (χ3v) is 17.0. The number of hydrogen-bond acceptors (Lipinski definition) is 9. The van der Waals surface area contributed by atoms with Gasteiger partial charge < -0.3 is 18.9 Å². The Morgan fingerprint density at radius 1 is 0.388 bits per heavy atom. The van der Waals surface area contributed by atoms with E-state index < -0.39 is 23.5 Å². The number of ether oxygens (including phenoxy) is 4. The average Bonchev–Trinajstić information content (AvgIpc) is 1.64. The van der Waals surface area contributed by atoms with Gasteiger partial charge in [-0.25, -0.2) is 9.97 Å². The Morgan fingerprint density at radius 2 is 0.682 bits per heavy atom. The number of benzene rings is 6. The third-order valence-electron chi connectivity index (χ3n) is 16.5. The lowest BCUT2D eigenvalue weighted by atomic mass is 9.96. The first kappa shape index (κ1) is 64.2. The van der Waals surface area contributed by atoms with E-state index in [1.54, 1.807) is 0 Å². The van der Waals surface area contributed by atoms with E-state index in [4.69, 9.17) is 37.7 Å². The Balaban J connectivity index is 1.49. The van der Waals surface area contributed by atoms with Crippen LogP contribution in [-0.4, -0.2) is 45.1 Å². The molecule has 2 aromatic heterocycles. The first-order valence-electron chi connectivity index (χ1n) is 30.8. The summed E-state index contributed by atoms with van der Waals surface area (Å²) in [5.74, 6) is 16.2.